The standard InChI is InChI=1S/C21H27NO3S/c1-15(2)25-19-11-10-18(12-20(19)24-4)13-22-21(23)16(3)26-14-17-8-6-5-7-9-17/h5-12,15-16H,13-14H2,1-4H3,(H,22,23)/t16-/m1/s1. The minimum atomic E-state index is -0.111. The molecule has 4 nitrogen and oxygen atoms in total. The Labute approximate surface area is 160 Å². The fourth-order valence-corrected chi connectivity index (χ4v) is 3.25. The zero-order valence-corrected chi connectivity index (χ0v) is 16.6. The second-order valence-corrected chi connectivity index (χ2v) is 7.64. The molecule has 2 rings (SSSR count). The molecule has 0 radical (unpaired) electrons. The molecule has 2 aromatic carbocycles. The van der Waals surface area contributed by atoms with Gasteiger partial charge in [-0.25, -0.2) is 0 Å². The lowest BCUT2D eigenvalue weighted by atomic mass is 10.2. The molecule has 1 amide bonds. The molecule has 5 heteroatoms. The van der Waals surface area contributed by atoms with Crippen LogP contribution in [0.15, 0.2) is 48.5 Å². The van der Waals surface area contributed by atoms with Gasteiger partial charge in [0.05, 0.1) is 18.5 Å². The first-order chi connectivity index (χ1) is 12.5. The van der Waals surface area contributed by atoms with Crippen LogP contribution in [-0.2, 0) is 17.1 Å². The summed E-state index contributed by atoms with van der Waals surface area (Å²) >= 11 is 1.63. The van der Waals surface area contributed by atoms with E-state index >= 15 is 0 Å². The first kappa shape index (κ1) is 20.2. The van der Waals surface area contributed by atoms with Gasteiger partial charge in [0.15, 0.2) is 11.5 Å². The molecule has 0 fully saturated rings. The summed E-state index contributed by atoms with van der Waals surface area (Å²) in [5, 5.41) is 2.88. The number of rotatable bonds is 9. The molecule has 2 aromatic rings. The number of methoxy groups -OCH3 is 1. The average Bonchev–Trinajstić information content (AvgIpc) is 2.65. The summed E-state index contributed by atoms with van der Waals surface area (Å²) in [6.07, 6.45) is 0.0805. The third kappa shape index (κ3) is 6.30. The molecule has 0 bridgehead atoms. The van der Waals surface area contributed by atoms with Crippen LogP contribution in [0.2, 0.25) is 0 Å². The van der Waals surface area contributed by atoms with Gasteiger partial charge in [-0.3, -0.25) is 4.79 Å². The van der Waals surface area contributed by atoms with Gasteiger partial charge in [-0.2, -0.15) is 0 Å². The molecule has 140 valence electrons. The first-order valence-corrected chi connectivity index (χ1v) is 9.81. The molecule has 0 saturated heterocycles. The van der Waals surface area contributed by atoms with E-state index in [-0.39, 0.29) is 17.3 Å². The predicted octanol–water partition coefficient (Wildman–Crippen LogP) is 4.42. The van der Waals surface area contributed by atoms with Gasteiger partial charge in [-0.15, -0.1) is 11.8 Å². The smallest absolute Gasteiger partial charge is 0.233 e. The molecule has 0 aliphatic heterocycles. The minimum absolute atomic E-state index is 0.0346. The van der Waals surface area contributed by atoms with Crippen molar-refractivity contribution < 1.29 is 14.3 Å². The van der Waals surface area contributed by atoms with Gasteiger partial charge in [0.2, 0.25) is 5.91 Å². The van der Waals surface area contributed by atoms with Crippen molar-refractivity contribution in [2.45, 2.75) is 44.4 Å². The highest BCUT2D eigenvalue weighted by Gasteiger charge is 2.14. The molecule has 1 N–H and O–H groups in total. The topological polar surface area (TPSA) is 47.6 Å². The maximum atomic E-state index is 12.3. The van der Waals surface area contributed by atoms with Crippen molar-refractivity contribution in [2.24, 2.45) is 0 Å². The van der Waals surface area contributed by atoms with Crippen LogP contribution >= 0.6 is 11.8 Å². The second-order valence-electron chi connectivity index (χ2n) is 6.31. The van der Waals surface area contributed by atoms with E-state index in [0.717, 1.165) is 11.3 Å². The summed E-state index contributed by atoms with van der Waals surface area (Å²) in [7, 11) is 1.62. The van der Waals surface area contributed by atoms with Gasteiger partial charge in [0.25, 0.3) is 0 Å². The number of amides is 1. The second kappa shape index (κ2) is 10.1. The normalized spacial score (nSPS) is 11.9. The zero-order valence-electron chi connectivity index (χ0n) is 15.8. The maximum Gasteiger partial charge on any atom is 0.233 e. The zero-order chi connectivity index (χ0) is 18.9. The van der Waals surface area contributed by atoms with Gasteiger partial charge in [-0.05, 0) is 44.0 Å². The van der Waals surface area contributed by atoms with Crippen molar-refractivity contribution in [3.8, 4) is 11.5 Å². The van der Waals surface area contributed by atoms with Crippen LogP contribution in [0.25, 0.3) is 0 Å². The first-order valence-electron chi connectivity index (χ1n) is 8.76. The lowest BCUT2D eigenvalue weighted by Crippen LogP contribution is -2.30. The molecule has 0 aromatic heterocycles. The van der Waals surface area contributed by atoms with Gasteiger partial charge < -0.3 is 14.8 Å². The number of hydrogen-bond acceptors (Lipinski definition) is 4. The Morgan fingerprint density at radius 3 is 2.42 bits per heavy atom. The van der Waals surface area contributed by atoms with Crippen molar-refractivity contribution in [3.05, 3.63) is 59.7 Å². The summed E-state index contributed by atoms with van der Waals surface area (Å²) in [5.41, 5.74) is 2.20. The summed E-state index contributed by atoms with van der Waals surface area (Å²) in [4.78, 5) is 12.3. The Balaban J connectivity index is 1.86. The monoisotopic (exact) mass is 373 g/mol. The van der Waals surface area contributed by atoms with E-state index in [2.05, 4.69) is 17.4 Å². The number of thioether (sulfide) groups is 1. The molecule has 0 spiro atoms. The Hall–Kier alpha value is -2.14. The average molecular weight is 374 g/mol. The number of hydrogen-bond donors (Lipinski definition) is 1. The number of carbonyl (C=O) groups excluding carboxylic acids is 1. The van der Waals surface area contributed by atoms with E-state index in [4.69, 9.17) is 9.47 Å². The van der Waals surface area contributed by atoms with Crippen LogP contribution in [0.4, 0.5) is 0 Å². The third-order valence-corrected chi connectivity index (χ3v) is 4.98. The molecule has 0 unspecified atom stereocenters. The van der Waals surface area contributed by atoms with Crippen LogP contribution < -0.4 is 14.8 Å². The quantitative estimate of drug-likeness (QED) is 0.707. The molecule has 0 saturated carbocycles. The van der Waals surface area contributed by atoms with Crippen LogP contribution in [-0.4, -0.2) is 24.4 Å². The highest BCUT2D eigenvalue weighted by Crippen LogP contribution is 2.29. The largest absolute Gasteiger partial charge is 0.493 e. The van der Waals surface area contributed by atoms with Crippen molar-refractivity contribution >= 4 is 17.7 Å². The molecule has 26 heavy (non-hydrogen) atoms. The fraction of sp³-hybridized carbons (Fsp3) is 0.381. The molecule has 1 atom stereocenters. The van der Waals surface area contributed by atoms with Gasteiger partial charge in [-0.1, -0.05) is 36.4 Å². The van der Waals surface area contributed by atoms with Gasteiger partial charge in [0, 0.05) is 12.3 Å². The number of nitrogens with one attached hydrogen (secondary N) is 1. The van der Waals surface area contributed by atoms with Crippen molar-refractivity contribution in [1.82, 2.24) is 5.32 Å². The Morgan fingerprint density at radius 1 is 1.04 bits per heavy atom. The van der Waals surface area contributed by atoms with E-state index in [1.807, 2.05) is 57.2 Å². The van der Waals surface area contributed by atoms with E-state index in [1.54, 1.807) is 18.9 Å². The van der Waals surface area contributed by atoms with Crippen molar-refractivity contribution in [2.75, 3.05) is 7.11 Å². The molecule has 0 heterocycles. The molecule has 0 aliphatic carbocycles. The maximum absolute atomic E-state index is 12.3. The third-order valence-electron chi connectivity index (χ3n) is 3.77. The molecular formula is C21H27NO3S. The van der Waals surface area contributed by atoms with Gasteiger partial charge in [0.1, 0.15) is 0 Å². The fourth-order valence-electron chi connectivity index (χ4n) is 2.38. The predicted molar refractivity (Wildman–Crippen MR) is 108 cm³/mol. The summed E-state index contributed by atoms with van der Waals surface area (Å²) < 4.78 is 11.1. The van der Waals surface area contributed by atoms with Crippen LogP contribution in [0, 0.1) is 0 Å². The van der Waals surface area contributed by atoms with Crippen molar-refractivity contribution in [1.29, 1.82) is 0 Å². The summed E-state index contributed by atoms with van der Waals surface area (Å²) in [6, 6.07) is 15.9. The van der Waals surface area contributed by atoms with E-state index in [9.17, 15) is 4.79 Å². The Kier molecular flexibility index (Phi) is 7.85. The SMILES string of the molecule is COc1cc(CNC(=O)[C@@H](C)SCc2ccccc2)ccc1OC(C)C. The highest BCUT2D eigenvalue weighted by molar-refractivity contribution is 7.99. The number of carbonyl (C=O) groups is 1. The van der Waals surface area contributed by atoms with Crippen LogP contribution in [0.3, 0.4) is 0 Å². The highest BCUT2D eigenvalue weighted by atomic mass is 32.2. The molecular weight excluding hydrogens is 346 g/mol. The summed E-state index contributed by atoms with van der Waals surface area (Å²) in [5.74, 6) is 2.25. The van der Waals surface area contributed by atoms with Crippen molar-refractivity contribution in [3.63, 3.8) is 0 Å². The van der Waals surface area contributed by atoms with E-state index in [0.29, 0.717) is 18.0 Å². The van der Waals surface area contributed by atoms with Gasteiger partial charge >= 0.3 is 0 Å². The van der Waals surface area contributed by atoms with E-state index < -0.39 is 0 Å². The minimum Gasteiger partial charge on any atom is -0.493 e. The Morgan fingerprint density at radius 2 is 1.77 bits per heavy atom. The summed E-state index contributed by atoms with van der Waals surface area (Å²) in [6.45, 7) is 6.35. The Bertz CT molecular complexity index is 704. The number of ether oxygens (including phenoxy) is 2. The molecule has 0 aliphatic rings. The number of benzene rings is 2. The lowest BCUT2D eigenvalue weighted by molar-refractivity contribution is -0.120. The van der Waals surface area contributed by atoms with Crippen LogP contribution in [0.5, 0.6) is 11.5 Å². The van der Waals surface area contributed by atoms with Crippen LogP contribution in [0.1, 0.15) is 31.9 Å². The lowest BCUT2D eigenvalue weighted by Gasteiger charge is -2.15. The van der Waals surface area contributed by atoms with E-state index in [1.165, 1.54) is 5.56 Å².